The van der Waals surface area contributed by atoms with Gasteiger partial charge in [0.05, 0.1) is 0 Å². The van der Waals surface area contributed by atoms with Crippen LogP contribution in [0.25, 0.3) is 0 Å². The van der Waals surface area contributed by atoms with E-state index in [2.05, 4.69) is 15.3 Å². The topological polar surface area (TPSA) is 61.4 Å². The molecule has 1 unspecified atom stereocenters. The van der Waals surface area contributed by atoms with E-state index in [4.69, 9.17) is 0 Å². The molecule has 1 atom stereocenters. The normalized spacial score (nSPS) is 17.4. The maximum absolute atomic E-state index is 12.6. The zero-order valence-corrected chi connectivity index (χ0v) is 14.1. The second-order valence-corrected chi connectivity index (χ2v) is 6.22. The van der Waals surface area contributed by atoms with Gasteiger partial charge in [-0.3, -0.25) is 4.79 Å². The first-order valence-electron chi connectivity index (χ1n) is 8.24. The number of carbonyl (C=O) groups is 1. The first-order valence-corrected chi connectivity index (χ1v) is 8.24. The SMILES string of the molecule is CN(C)c1nccnc1NC1CCCN(C(=O)c2ccccc2)C1. The van der Waals surface area contributed by atoms with Crippen LogP contribution >= 0.6 is 0 Å². The largest absolute Gasteiger partial charge is 0.362 e. The molecule has 0 radical (unpaired) electrons. The maximum Gasteiger partial charge on any atom is 0.253 e. The van der Waals surface area contributed by atoms with Crippen molar-refractivity contribution < 1.29 is 4.79 Å². The highest BCUT2D eigenvalue weighted by Gasteiger charge is 2.25. The molecule has 0 spiro atoms. The second-order valence-electron chi connectivity index (χ2n) is 6.22. The van der Waals surface area contributed by atoms with Crippen molar-refractivity contribution >= 4 is 17.5 Å². The average molecular weight is 325 g/mol. The molecule has 6 nitrogen and oxygen atoms in total. The summed E-state index contributed by atoms with van der Waals surface area (Å²) in [4.78, 5) is 25.3. The molecule has 0 saturated carbocycles. The highest BCUT2D eigenvalue weighted by Crippen LogP contribution is 2.22. The first kappa shape index (κ1) is 16.2. The Hall–Kier alpha value is -2.63. The molecule has 2 aromatic rings. The van der Waals surface area contributed by atoms with E-state index in [1.54, 1.807) is 12.4 Å². The number of carbonyl (C=O) groups excluding carboxylic acids is 1. The van der Waals surface area contributed by atoms with Gasteiger partial charge >= 0.3 is 0 Å². The summed E-state index contributed by atoms with van der Waals surface area (Å²) in [7, 11) is 3.89. The van der Waals surface area contributed by atoms with Crippen LogP contribution in [-0.4, -0.2) is 54.0 Å². The number of nitrogens with one attached hydrogen (secondary N) is 1. The van der Waals surface area contributed by atoms with Crippen molar-refractivity contribution in [3.63, 3.8) is 0 Å². The van der Waals surface area contributed by atoms with Gasteiger partial charge in [0.25, 0.3) is 5.91 Å². The molecule has 0 aliphatic carbocycles. The summed E-state index contributed by atoms with van der Waals surface area (Å²) in [6.45, 7) is 1.48. The summed E-state index contributed by atoms with van der Waals surface area (Å²) in [5.41, 5.74) is 0.742. The van der Waals surface area contributed by atoms with Gasteiger partial charge in [-0.25, -0.2) is 9.97 Å². The van der Waals surface area contributed by atoms with Crippen LogP contribution in [0.3, 0.4) is 0 Å². The molecule has 3 rings (SSSR count). The lowest BCUT2D eigenvalue weighted by atomic mass is 10.0. The molecule has 1 fully saturated rings. The van der Waals surface area contributed by atoms with Gasteiger partial charge in [0.15, 0.2) is 11.6 Å². The number of nitrogens with zero attached hydrogens (tertiary/aromatic N) is 4. The summed E-state index contributed by atoms with van der Waals surface area (Å²) in [5, 5.41) is 3.46. The molecule has 0 bridgehead atoms. The summed E-state index contributed by atoms with van der Waals surface area (Å²) in [6, 6.07) is 9.64. The van der Waals surface area contributed by atoms with E-state index in [1.165, 1.54) is 0 Å². The van der Waals surface area contributed by atoms with Crippen LogP contribution in [0.4, 0.5) is 11.6 Å². The van der Waals surface area contributed by atoms with Gasteiger partial charge in [-0.1, -0.05) is 18.2 Å². The van der Waals surface area contributed by atoms with Crippen molar-refractivity contribution in [2.24, 2.45) is 0 Å². The molecule has 1 aromatic heterocycles. The molecule has 2 heterocycles. The van der Waals surface area contributed by atoms with Gasteiger partial charge in [0.1, 0.15) is 0 Å². The van der Waals surface area contributed by atoms with Crippen LogP contribution in [0.5, 0.6) is 0 Å². The fourth-order valence-corrected chi connectivity index (χ4v) is 3.00. The molecule has 1 saturated heterocycles. The number of amides is 1. The molecule has 1 N–H and O–H groups in total. The van der Waals surface area contributed by atoms with Crippen molar-refractivity contribution in [2.75, 3.05) is 37.4 Å². The smallest absolute Gasteiger partial charge is 0.253 e. The zero-order valence-electron chi connectivity index (χ0n) is 14.1. The number of aromatic nitrogens is 2. The van der Waals surface area contributed by atoms with Crippen molar-refractivity contribution in [3.8, 4) is 0 Å². The van der Waals surface area contributed by atoms with E-state index in [9.17, 15) is 4.79 Å². The molecular formula is C18H23N5O. The van der Waals surface area contributed by atoms with Crippen LogP contribution in [0.2, 0.25) is 0 Å². The Morgan fingerprint density at radius 1 is 1.21 bits per heavy atom. The molecule has 1 aliphatic rings. The van der Waals surface area contributed by atoms with Gasteiger partial charge in [-0.05, 0) is 25.0 Å². The summed E-state index contributed by atoms with van der Waals surface area (Å²) >= 11 is 0. The third kappa shape index (κ3) is 3.64. The molecule has 24 heavy (non-hydrogen) atoms. The van der Waals surface area contributed by atoms with Crippen LogP contribution in [0.15, 0.2) is 42.7 Å². The first-order chi connectivity index (χ1) is 11.6. The Morgan fingerprint density at radius 3 is 2.71 bits per heavy atom. The number of anilines is 2. The summed E-state index contributed by atoms with van der Waals surface area (Å²) < 4.78 is 0. The molecule has 1 aliphatic heterocycles. The van der Waals surface area contributed by atoms with Crippen molar-refractivity contribution in [1.29, 1.82) is 0 Å². The summed E-state index contributed by atoms with van der Waals surface area (Å²) in [6.07, 6.45) is 5.37. The number of rotatable bonds is 4. The number of benzene rings is 1. The van der Waals surface area contributed by atoms with E-state index in [0.29, 0.717) is 6.54 Å². The Labute approximate surface area is 142 Å². The predicted octanol–water partition coefficient (Wildman–Crippen LogP) is 2.26. The van der Waals surface area contributed by atoms with Gasteiger partial charge in [0, 0.05) is 51.2 Å². The quantitative estimate of drug-likeness (QED) is 0.934. The lowest BCUT2D eigenvalue weighted by Crippen LogP contribution is -2.45. The highest BCUT2D eigenvalue weighted by molar-refractivity contribution is 5.94. The minimum absolute atomic E-state index is 0.0917. The Morgan fingerprint density at radius 2 is 1.96 bits per heavy atom. The van der Waals surface area contributed by atoms with E-state index < -0.39 is 0 Å². The molecular weight excluding hydrogens is 302 g/mol. The lowest BCUT2D eigenvalue weighted by molar-refractivity contribution is 0.0714. The minimum Gasteiger partial charge on any atom is -0.362 e. The number of hydrogen-bond acceptors (Lipinski definition) is 5. The van der Waals surface area contributed by atoms with Crippen LogP contribution in [0, 0.1) is 0 Å². The average Bonchev–Trinajstić information content (AvgIpc) is 2.62. The number of hydrogen-bond donors (Lipinski definition) is 1. The van der Waals surface area contributed by atoms with Gasteiger partial charge < -0.3 is 15.1 Å². The Balaban J connectivity index is 1.69. The molecule has 1 aromatic carbocycles. The molecule has 1 amide bonds. The second kappa shape index (κ2) is 7.29. The van der Waals surface area contributed by atoms with E-state index in [1.807, 2.05) is 54.2 Å². The highest BCUT2D eigenvalue weighted by atomic mass is 16.2. The fraction of sp³-hybridized carbons (Fsp3) is 0.389. The maximum atomic E-state index is 12.6. The van der Waals surface area contributed by atoms with E-state index in [-0.39, 0.29) is 11.9 Å². The van der Waals surface area contributed by atoms with E-state index in [0.717, 1.165) is 36.6 Å². The zero-order chi connectivity index (χ0) is 16.9. The van der Waals surface area contributed by atoms with Crippen molar-refractivity contribution in [2.45, 2.75) is 18.9 Å². The van der Waals surface area contributed by atoms with Gasteiger partial charge in [-0.2, -0.15) is 0 Å². The monoisotopic (exact) mass is 325 g/mol. The van der Waals surface area contributed by atoms with Crippen LogP contribution in [-0.2, 0) is 0 Å². The van der Waals surface area contributed by atoms with Crippen LogP contribution < -0.4 is 10.2 Å². The standard InChI is InChI=1S/C18H23N5O/c1-22(2)17-16(19-10-11-20-17)21-15-9-6-12-23(13-15)18(24)14-7-4-3-5-8-14/h3-5,7-8,10-11,15H,6,9,12-13H2,1-2H3,(H,19,21). The third-order valence-corrected chi connectivity index (χ3v) is 4.17. The van der Waals surface area contributed by atoms with Gasteiger partial charge in [0.2, 0.25) is 0 Å². The number of piperidine rings is 1. The predicted molar refractivity (Wildman–Crippen MR) is 95.3 cm³/mol. The third-order valence-electron chi connectivity index (χ3n) is 4.17. The van der Waals surface area contributed by atoms with E-state index >= 15 is 0 Å². The molecule has 6 heteroatoms. The van der Waals surface area contributed by atoms with Gasteiger partial charge in [-0.15, -0.1) is 0 Å². The number of likely N-dealkylation sites (tertiary alicyclic amines) is 1. The fourth-order valence-electron chi connectivity index (χ4n) is 3.00. The minimum atomic E-state index is 0.0917. The van der Waals surface area contributed by atoms with Crippen molar-refractivity contribution in [1.82, 2.24) is 14.9 Å². The lowest BCUT2D eigenvalue weighted by Gasteiger charge is -2.34. The van der Waals surface area contributed by atoms with Crippen molar-refractivity contribution in [3.05, 3.63) is 48.3 Å². The molecule has 126 valence electrons. The van der Waals surface area contributed by atoms with Crippen LogP contribution in [0.1, 0.15) is 23.2 Å². The summed E-state index contributed by atoms with van der Waals surface area (Å²) in [5.74, 6) is 1.67. The Bertz CT molecular complexity index is 689. The Kier molecular flexibility index (Phi) is 4.93.